The Morgan fingerprint density at radius 3 is 2.47 bits per heavy atom. The molecule has 1 unspecified atom stereocenters. The molecule has 0 saturated heterocycles. The summed E-state index contributed by atoms with van der Waals surface area (Å²) in [5.41, 5.74) is -0.427. The van der Waals surface area contributed by atoms with Crippen LogP contribution in [0.5, 0.6) is 0 Å². The molecule has 90 valence electrons. The van der Waals surface area contributed by atoms with E-state index in [4.69, 9.17) is 9.47 Å². The van der Waals surface area contributed by atoms with Gasteiger partial charge < -0.3 is 14.8 Å². The van der Waals surface area contributed by atoms with Crippen LogP contribution in [-0.2, 0) is 9.47 Å². The van der Waals surface area contributed by atoms with Crippen molar-refractivity contribution in [2.24, 2.45) is 0 Å². The van der Waals surface area contributed by atoms with Gasteiger partial charge in [0.05, 0.1) is 6.10 Å². The number of hydrogen-bond donors (Lipinski definition) is 1. The van der Waals surface area contributed by atoms with E-state index in [1.54, 1.807) is 7.11 Å². The van der Waals surface area contributed by atoms with Crippen molar-refractivity contribution in [2.75, 3.05) is 13.7 Å². The van der Waals surface area contributed by atoms with Crippen LogP contribution in [0.15, 0.2) is 0 Å². The van der Waals surface area contributed by atoms with Crippen LogP contribution in [-0.4, -0.2) is 31.5 Å². The second-order valence-electron chi connectivity index (χ2n) is 4.62. The van der Waals surface area contributed by atoms with Crippen LogP contribution in [0.1, 0.15) is 40.5 Å². The molecule has 1 amide bonds. The lowest BCUT2D eigenvalue weighted by molar-refractivity contribution is 0.0521. The first-order valence-corrected chi connectivity index (χ1v) is 5.35. The fourth-order valence-corrected chi connectivity index (χ4v) is 1.01. The monoisotopic (exact) mass is 217 g/mol. The molecule has 0 bridgehead atoms. The molecule has 0 rings (SSSR count). The highest BCUT2D eigenvalue weighted by Crippen LogP contribution is 2.06. The predicted octanol–water partition coefficient (Wildman–Crippen LogP) is 2.33. The molecular weight excluding hydrogens is 194 g/mol. The van der Waals surface area contributed by atoms with Crippen molar-refractivity contribution in [3.63, 3.8) is 0 Å². The van der Waals surface area contributed by atoms with Gasteiger partial charge in [0.1, 0.15) is 5.60 Å². The van der Waals surface area contributed by atoms with E-state index in [1.807, 2.05) is 27.7 Å². The first-order chi connectivity index (χ1) is 6.85. The maximum atomic E-state index is 11.2. The molecule has 0 radical (unpaired) electrons. The van der Waals surface area contributed by atoms with Gasteiger partial charge in [-0.05, 0) is 40.5 Å². The van der Waals surface area contributed by atoms with Gasteiger partial charge in [0.2, 0.25) is 0 Å². The zero-order chi connectivity index (χ0) is 11.9. The highest BCUT2D eigenvalue weighted by molar-refractivity contribution is 5.67. The van der Waals surface area contributed by atoms with E-state index in [1.165, 1.54) is 0 Å². The molecule has 0 aromatic rings. The summed E-state index contributed by atoms with van der Waals surface area (Å²) in [6.07, 6.45) is 1.72. The molecule has 0 heterocycles. The third-order valence-electron chi connectivity index (χ3n) is 1.86. The summed E-state index contributed by atoms with van der Waals surface area (Å²) in [5.74, 6) is 0. The van der Waals surface area contributed by atoms with E-state index in [0.29, 0.717) is 6.54 Å². The average molecular weight is 217 g/mol. The first-order valence-electron chi connectivity index (χ1n) is 5.35. The molecule has 0 aliphatic heterocycles. The van der Waals surface area contributed by atoms with Crippen molar-refractivity contribution in [3.05, 3.63) is 0 Å². The maximum absolute atomic E-state index is 11.2. The van der Waals surface area contributed by atoms with Crippen LogP contribution in [0.2, 0.25) is 0 Å². The Kier molecular flexibility index (Phi) is 6.32. The summed E-state index contributed by atoms with van der Waals surface area (Å²) in [7, 11) is 1.69. The van der Waals surface area contributed by atoms with E-state index >= 15 is 0 Å². The minimum atomic E-state index is -0.427. The van der Waals surface area contributed by atoms with Crippen molar-refractivity contribution >= 4 is 6.09 Å². The molecule has 15 heavy (non-hydrogen) atoms. The van der Waals surface area contributed by atoms with Gasteiger partial charge in [0.15, 0.2) is 0 Å². The van der Waals surface area contributed by atoms with Crippen molar-refractivity contribution in [3.8, 4) is 0 Å². The minimum absolute atomic E-state index is 0.241. The number of rotatable bonds is 5. The van der Waals surface area contributed by atoms with Crippen molar-refractivity contribution in [1.29, 1.82) is 0 Å². The number of ether oxygens (including phenoxy) is 2. The summed E-state index contributed by atoms with van der Waals surface area (Å²) in [6, 6.07) is 0. The Morgan fingerprint density at radius 1 is 1.40 bits per heavy atom. The molecule has 0 aliphatic carbocycles. The molecule has 0 spiro atoms. The largest absolute Gasteiger partial charge is 0.444 e. The standard InChI is InChI=1S/C11H23NO3/c1-9(14-5)7-6-8-12-10(13)15-11(2,3)4/h9H,6-8H2,1-5H3,(H,12,13). The number of amides is 1. The molecule has 4 heteroatoms. The molecule has 0 fully saturated rings. The highest BCUT2D eigenvalue weighted by Gasteiger charge is 2.15. The van der Waals surface area contributed by atoms with Gasteiger partial charge >= 0.3 is 6.09 Å². The zero-order valence-electron chi connectivity index (χ0n) is 10.4. The Bertz CT molecular complexity index is 187. The second-order valence-corrected chi connectivity index (χ2v) is 4.62. The number of alkyl carbamates (subject to hydrolysis) is 1. The molecule has 0 saturated carbocycles. The molecule has 1 atom stereocenters. The van der Waals surface area contributed by atoms with Gasteiger partial charge in [-0.2, -0.15) is 0 Å². The van der Waals surface area contributed by atoms with Gasteiger partial charge in [-0.15, -0.1) is 0 Å². The molecule has 1 N–H and O–H groups in total. The van der Waals surface area contributed by atoms with Crippen LogP contribution < -0.4 is 5.32 Å². The zero-order valence-corrected chi connectivity index (χ0v) is 10.4. The van der Waals surface area contributed by atoms with Crippen molar-refractivity contribution in [2.45, 2.75) is 52.2 Å². The first kappa shape index (κ1) is 14.2. The lowest BCUT2D eigenvalue weighted by Crippen LogP contribution is -2.33. The van der Waals surface area contributed by atoms with Crippen molar-refractivity contribution < 1.29 is 14.3 Å². The van der Waals surface area contributed by atoms with Gasteiger partial charge in [0.25, 0.3) is 0 Å². The van der Waals surface area contributed by atoms with Crippen LogP contribution >= 0.6 is 0 Å². The van der Waals surface area contributed by atoms with Crippen molar-refractivity contribution in [1.82, 2.24) is 5.32 Å². The molecule has 4 nitrogen and oxygen atoms in total. The van der Waals surface area contributed by atoms with Crippen LogP contribution in [0, 0.1) is 0 Å². The van der Waals surface area contributed by atoms with Gasteiger partial charge in [-0.25, -0.2) is 4.79 Å². The third kappa shape index (κ3) is 9.53. The maximum Gasteiger partial charge on any atom is 0.407 e. The number of hydrogen-bond acceptors (Lipinski definition) is 3. The fraction of sp³-hybridized carbons (Fsp3) is 0.909. The lowest BCUT2D eigenvalue weighted by atomic mass is 10.2. The second kappa shape index (κ2) is 6.67. The SMILES string of the molecule is COC(C)CCCNC(=O)OC(C)(C)C. The quantitative estimate of drug-likeness (QED) is 0.719. The summed E-state index contributed by atoms with van der Waals surface area (Å²) in [5, 5.41) is 2.70. The van der Waals surface area contributed by atoms with Crippen LogP contribution in [0.3, 0.4) is 0 Å². The van der Waals surface area contributed by atoms with E-state index in [2.05, 4.69) is 5.32 Å². The summed E-state index contributed by atoms with van der Waals surface area (Å²) in [4.78, 5) is 11.2. The normalized spacial score (nSPS) is 13.4. The van der Waals surface area contributed by atoms with Crippen LogP contribution in [0.25, 0.3) is 0 Å². The predicted molar refractivity (Wildman–Crippen MR) is 59.9 cm³/mol. The Morgan fingerprint density at radius 2 is 2.00 bits per heavy atom. The Balaban J connectivity index is 3.48. The highest BCUT2D eigenvalue weighted by atomic mass is 16.6. The smallest absolute Gasteiger partial charge is 0.407 e. The van der Waals surface area contributed by atoms with Gasteiger partial charge in [0, 0.05) is 13.7 Å². The summed E-state index contributed by atoms with van der Waals surface area (Å²) >= 11 is 0. The summed E-state index contributed by atoms with van der Waals surface area (Å²) in [6.45, 7) is 8.18. The summed E-state index contributed by atoms with van der Waals surface area (Å²) < 4.78 is 10.2. The molecule has 0 aromatic heterocycles. The molecular formula is C11H23NO3. The Hall–Kier alpha value is -0.770. The van der Waals surface area contributed by atoms with Crippen LogP contribution in [0.4, 0.5) is 4.79 Å². The molecule has 0 aromatic carbocycles. The molecule has 0 aliphatic rings. The number of methoxy groups -OCH3 is 1. The lowest BCUT2D eigenvalue weighted by Gasteiger charge is -2.19. The topological polar surface area (TPSA) is 47.6 Å². The van der Waals surface area contributed by atoms with Gasteiger partial charge in [-0.3, -0.25) is 0 Å². The van der Waals surface area contributed by atoms with Gasteiger partial charge in [-0.1, -0.05) is 0 Å². The van der Waals surface area contributed by atoms with E-state index < -0.39 is 5.60 Å². The number of carbonyl (C=O) groups is 1. The Labute approximate surface area is 92.3 Å². The number of carbonyl (C=O) groups excluding carboxylic acids is 1. The van der Waals surface area contributed by atoms with E-state index in [9.17, 15) is 4.79 Å². The third-order valence-corrected chi connectivity index (χ3v) is 1.86. The minimum Gasteiger partial charge on any atom is -0.444 e. The van der Waals surface area contributed by atoms with E-state index in [0.717, 1.165) is 12.8 Å². The average Bonchev–Trinajstić information content (AvgIpc) is 2.09. The fourth-order valence-electron chi connectivity index (χ4n) is 1.01. The van der Waals surface area contributed by atoms with E-state index in [-0.39, 0.29) is 12.2 Å². The number of nitrogens with one attached hydrogen (secondary N) is 1.